The number of hydrogen-bond acceptors (Lipinski definition) is 7. The van der Waals surface area contributed by atoms with E-state index in [2.05, 4.69) is 64.4 Å². The van der Waals surface area contributed by atoms with Crippen molar-refractivity contribution in [1.29, 1.82) is 0 Å². The highest BCUT2D eigenvalue weighted by atomic mass is 16.6. The summed E-state index contributed by atoms with van der Waals surface area (Å²) in [6.45, 7) is 17.7. The molecule has 0 aromatic rings. The molecule has 0 radical (unpaired) electrons. The van der Waals surface area contributed by atoms with Crippen LogP contribution in [0.3, 0.4) is 0 Å². The average Bonchev–Trinajstić information content (AvgIpc) is 3.59. The van der Waals surface area contributed by atoms with Gasteiger partial charge in [0.25, 0.3) is 0 Å². The number of amides is 2. The molecule has 2 spiro atoms. The number of aliphatic hydroxyl groups is 1. The molecule has 9 heteroatoms. The summed E-state index contributed by atoms with van der Waals surface area (Å²) in [7, 11) is 1.59. The molecule has 7 aliphatic rings. The van der Waals surface area contributed by atoms with Gasteiger partial charge in [0.05, 0.1) is 24.4 Å². The van der Waals surface area contributed by atoms with Gasteiger partial charge in [-0.15, -0.1) is 0 Å². The Morgan fingerprint density at radius 1 is 0.978 bits per heavy atom. The second-order valence-corrected chi connectivity index (χ2v) is 17.8. The van der Waals surface area contributed by atoms with Crippen LogP contribution in [0.15, 0.2) is 0 Å². The lowest BCUT2D eigenvalue weighted by Crippen LogP contribution is -2.60. The molecule has 2 amide bonds. The highest BCUT2D eigenvalue weighted by Crippen LogP contribution is 2.89. The van der Waals surface area contributed by atoms with Crippen molar-refractivity contribution >= 4 is 12.2 Å². The minimum absolute atomic E-state index is 0.0206. The van der Waals surface area contributed by atoms with Gasteiger partial charge >= 0.3 is 12.2 Å². The van der Waals surface area contributed by atoms with Crippen LogP contribution >= 0.6 is 0 Å². The minimum Gasteiger partial charge on any atom is -0.446 e. The number of aliphatic hydroxyl groups excluding tert-OH is 1. The Labute approximate surface area is 270 Å². The van der Waals surface area contributed by atoms with E-state index in [0.29, 0.717) is 17.8 Å². The molecule has 0 aromatic carbocycles. The first kappa shape index (κ1) is 32.0. The molecule has 2 aliphatic heterocycles. The van der Waals surface area contributed by atoms with Crippen LogP contribution in [0.4, 0.5) is 9.59 Å². The molecular formula is C36H59N3O6. The van der Waals surface area contributed by atoms with Gasteiger partial charge in [-0.25, -0.2) is 9.59 Å². The van der Waals surface area contributed by atoms with Crippen LogP contribution in [0.25, 0.3) is 0 Å². The third-order valence-corrected chi connectivity index (χ3v) is 15.6. The van der Waals surface area contributed by atoms with E-state index in [1.165, 1.54) is 12.8 Å². The van der Waals surface area contributed by atoms with Crippen LogP contribution in [-0.4, -0.2) is 74.0 Å². The number of nitrogens with one attached hydrogen (secondary N) is 3. The maximum absolute atomic E-state index is 12.8. The van der Waals surface area contributed by atoms with Gasteiger partial charge in [0, 0.05) is 31.0 Å². The summed E-state index contributed by atoms with van der Waals surface area (Å²) in [6.07, 6.45) is 6.51. The summed E-state index contributed by atoms with van der Waals surface area (Å²) in [5.41, 5.74) is 0.152. The van der Waals surface area contributed by atoms with Crippen molar-refractivity contribution < 1.29 is 28.9 Å². The maximum Gasteiger partial charge on any atom is 0.407 e. The summed E-state index contributed by atoms with van der Waals surface area (Å²) in [5.74, 6) is 1.70. The van der Waals surface area contributed by atoms with Crippen molar-refractivity contribution in [2.75, 3.05) is 20.1 Å². The first-order valence-corrected chi connectivity index (χ1v) is 18.1. The van der Waals surface area contributed by atoms with Crippen molar-refractivity contribution in [1.82, 2.24) is 16.0 Å². The molecule has 0 unspecified atom stereocenters. The van der Waals surface area contributed by atoms with Crippen molar-refractivity contribution in [2.24, 2.45) is 56.7 Å². The number of alkyl carbamates (subject to hydrolysis) is 2. The molecular weight excluding hydrogens is 570 g/mol. The van der Waals surface area contributed by atoms with Crippen LogP contribution in [0.5, 0.6) is 0 Å². The van der Waals surface area contributed by atoms with Gasteiger partial charge in [-0.05, 0) is 97.2 Å². The molecule has 2 saturated heterocycles. The molecule has 2 heterocycles. The number of carbonyl (C=O) groups excluding carboxylic acids is 2. The fourth-order valence-corrected chi connectivity index (χ4v) is 13.3. The van der Waals surface area contributed by atoms with E-state index >= 15 is 0 Å². The zero-order valence-corrected chi connectivity index (χ0v) is 28.9. The zero-order chi connectivity index (χ0) is 32.3. The first-order chi connectivity index (χ1) is 21.2. The van der Waals surface area contributed by atoms with Crippen molar-refractivity contribution in [3.8, 4) is 0 Å². The SMILES string of the molecule is CNC(=O)O[C@H](C(C)C)[C@H]1C[C@@H](C)[C@H]2[C@H](O1)[C@H](O)[C@@]1(C)[C@@H]3CC[C@H]4C(C)(C)[C@@H](OC(=O)NC5CNC5)CC[C@@]45C[C@@]35CC[C@]21C. The predicted molar refractivity (Wildman–Crippen MR) is 170 cm³/mol. The first-order valence-electron chi connectivity index (χ1n) is 18.1. The van der Waals surface area contributed by atoms with Crippen LogP contribution in [-0.2, 0) is 14.2 Å². The molecule has 0 bridgehead atoms. The molecule has 7 rings (SSSR count). The summed E-state index contributed by atoms with van der Waals surface area (Å²) >= 11 is 0. The Morgan fingerprint density at radius 2 is 1.67 bits per heavy atom. The Hall–Kier alpha value is -1.58. The normalized spacial score (nSPS) is 50.0. The molecule has 254 valence electrons. The Balaban J connectivity index is 1.13. The monoisotopic (exact) mass is 629 g/mol. The topological polar surface area (TPSA) is 118 Å². The fourth-order valence-electron chi connectivity index (χ4n) is 13.3. The standard InChI is InChI=1S/C36H59N3O6/c1-19(2)27(45-30(41)37-8)22-15-20(3)26-28(43-22)29(40)34(7)24-10-9-23-32(4,5)25(44-31(42)39-21-16-38-17-21)11-12-35(23)18-36(24,35)14-13-33(26,34)6/h19-29,38,40H,9-18H2,1-8H3,(H,37,41)(H,39,42)/t20-,22-,23+,24+,25+,26+,27-,28+,29+,33-,34-,35-,36+/m1/s1. The van der Waals surface area contributed by atoms with E-state index in [0.717, 1.165) is 51.6 Å². The summed E-state index contributed by atoms with van der Waals surface area (Å²) in [6, 6.07) is 0.179. The largest absolute Gasteiger partial charge is 0.446 e. The third kappa shape index (κ3) is 4.20. The molecule has 7 fully saturated rings. The Bertz CT molecular complexity index is 1210. The lowest BCUT2D eigenvalue weighted by molar-refractivity contribution is -0.184. The molecule has 0 aromatic heterocycles. The lowest BCUT2D eigenvalue weighted by Gasteiger charge is -2.63. The van der Waals surface area contributed by atoms with Crippen LogP contribution in [0.2, 0.25) is 0 Å². The summed E-state index contributed by atoms with van der Waals surface area (Å²) in [5, 5.41) is 21.4. The highest BCUT2D eigenvalue weighted by Gasteiger charge is 2.84. The number of ether oxygens (including phenoxy) is 3. The quantitative estimate of drug-likeness (QED) is 0.328. The number of fused-ring (bicyclic) bond motifs is 4. The molecule has 5 saturated carbocycles. The van der Waals surface area contributed by atoms with Crippen LogP contribution < -0.4 is 16.0 Å². The van der Waals surface area contributed by atoms with Gasteiger partial charge in [-0.2, -0.15) is 0 Å². The molecule has 5 aliphatic carbocycles. The van der Waals surface area contributed by atoms with E-state index in [-0.39, 0.29) is 75.5 Å². The van der Waals surface area contributed by atoms with Gasteiger partial charge in [0.1, 0.15) is 12.2 Å². The molecule has 4 N–H and O–H groups in total. The molecule has 9 nitrogen and oxygen atoms in total. The Morgan fingerprint density at radius 3 is 2.31 bits per heavy atom. The van der Waals surface area contributed by atoms with Crippen LogP contribution in [0, 0.1) is 56.7 Å². The molecule has 45 heavy (non-hydrogen) atoms. The molecule has 13 atom stereocenters. The van der Waals surface area contributed by atoms with Crippen molar-refractivity contribution in [3.63, 3.8) is 0 Å². The Kier molecular flexibility index (Phi) is 7.43. The van der Waals surface area contributed by atoms with Gasteiger partial charge in [-0.1, -0.05) is 48.5 Å². The van der Waals surface area contributed by atoms with Gasteiger partial charge in [-0.3, -0.25) is 0 Å². The number of rotatable bonds is 5. The average molecular weight is 630 g/mol. The van der Waals surface area contributed by atoms with Gasteiger partial charge in [0.15, 0.2) is 0 Å². The predicted octanol–water partition coefficient (Wildman–Crippen LogP) is 5.25. The number of carbonyl (C=O) groups is 2. The lowest BCUT2D eigenvalue weighted by atomic mass is 9.41. The van der Waals surface area contributed by atoms with Gasteiger partial charge in [0.2, 0.25) is 0 Å². The second-order valence-electron chi connectivity index (χ2n) is 17.8. The van der Waals surface area contributed by atoms with E-state index in [9.17, 15) is 14.7 Å². The second kappa shape index (κ2) is 10.5. The highest BCUT2D eigenvalue weighted by molar-refractivity contribution is 5.68. The van der Waals surface area contributed by atoms with E-state index in [4.69, 9.17) is 14.2 Å². The van der Waals surface area contributed by atoms with Crippen LogP contribution in [0.1, 0.15) is 99.8 Å². The zero-order valence-electron chi connectivity index (χ0n) is 28.9. The van der Waals surface area contributed by atoms with Crippen molar-refractivity contribution in [2.45, 2.75) is 136 Å². The maximum atomic E-state index is 12.8. The fraction of sp³-hybridized carbons (Fsp3) is 0.944. The third-order valence-electron chi connectivity index (χ3n) is 15.6. The van der Waals surface area contributed by atoms with Gasteiger partial charge < -0.3 is 35.3 Å². The van der Waals surface area contributed by atoms with Crippen molar-refractivity contribution in [3.05, 3.63) is 0 Å². The van der Waals surface area contributed by atoms with E-state index in [1.807, 2.05) is 0 Å². The smallest absolute Gasteiger partial charge is 0.407 e. The summed E-state index contributed by atoms with van der Waals surface area (Å²) < 4.78 is 18.9. The van der Waals surface area contributed by atoms with E-state index < -0.39 is 12.2 Å². The number of hydrogen-bond donors (Lipinski definition) is 4. The summed E-state index contributed by atoms with van der Waals surface area (Å²) in [4.78, 5) is 25.1. The minimum atomic E-state index is -0.556. The van der Waals surface area contributed by atoms with E-state index in [1.54, 1.807) is 7.05 Å².